The van der Waals surface area contributed by atoms with Crippen molar-refractivity contribution in [1.82, 2.24) is 10.6 Å². The fourth-order valence-electron chi connectivity index (χ4n) is 3.12. The first-order valence-electron chi connectivity index (χ1n) is 9.50. The number of sulfone groups is 1. The van der Waals surface area contributed by atoms with Crippen LogP contribution in [0.3, 0.4) is 0 Å². The lowest BCUT2D eigenvalue weighted by Gasteiger charge is -2.41. The van der Waals surface area contributed by atoms with Gasteiger partial charge >= 0.3 is 0 Å². The number of nitrogens with zero attached hydrogens (tertiary/aromatic N) is 1. The summed E-state index contributed by atoms with van der Waals surface area (Å²) in [4.78, 5) is 4.77. The average molecular weight is 507 g/mol. The molecule has 2 rings (SSSR count). The Bertz CT molecular complexity index is 708. The summed E-state index contributed by atoms with van der Waals surface area (Å²) in [5.74, 6) is 0.795. The smallest absolute Gasteiger partial charge is 0.191 e. The molecule has 27 heavy (non-hydrogen) atoms. The summed E-state index contributed by atoms with van der Waals surface area (Å²) < 4.78 is 23.8. The molecule has 0 saturated heterocycles. The molecule has 0 radical (unpaired) electrons. The highest BCUT2D eigenvalue weighted by atomic mass is 127. The van der Waals surface area contributed by atoms with Gasteiger partial charge in [0.2, 0.25) is 0 Å². The summed E-state index contributed by atoms with van der Waals surface area (Å²) in [6, 6.07) is 10.6. The Hall–Kier alpha value is -0.830. The Balaban J connectivity index is 0.00000364. The highest BCUT2D eigenvalue weighted by Crippen LogP contribution is 2.43. The van der Waals surface area contributed by atoms with Crippen molar-refractivity contribution in [2.45, 2.75) is 57.1 Å². The third kappa shape index (κ3) is 6.34. The maximum atomic E-state index is 12.2. The zero-order valence-electron chi connectivity index (χ0n) is 16.9. The average Bonchev–Trinajstić information content (AvgIpc) is 2.53. The van der Waals surface area contributed by atoms with Gasteiger partial charge < -0.3 is 10.6 Å². The van der Waals surface area contributed by atoms with Gasteiger partial charge in [0.15, 0.2) is 15.8 Å². The first-order chi connectivity index (χ1) is 12.2. The Morgan fingerprint density at radius 3 is 2.26 bits per heavy atom. The number of halogens is 1. The van der Waals surface area contributed by atoms with Crippen LogP contribution in [0.25, 0.3) is 0 Å². The summed E-state index contributed by atoms with van der Waals surface area (Å²) in [5, 5.41) is 6.40. The molecule has 1 aliphatic carbocycles. The maximum Gasteiger partial charge on any atom is 0.191 e. The van der Waals surface area contributed by atoms with E-state index in [0.29, 0.717) is 12.5 Å². The van der Waals surface area contributed by atoms with E-state index in [1.165, 1.54) is 12.0 Å². The molecule has 154 valence electrons. The molecule has 1 fully saturated rings. The Labute approximate surface area is 181 Å². The van der Waals surface area contributed by atoms with Crippen LogP contribution in [0.2, 0.25) is 0 Å². The molecule has 0 unspecified atom stereocenters. The largest absolute Gasteiger partial charge is 0.357 e. The van der Waals surface area contributed by atoms with E-state index in [4.69, 9.17) is 4.99 Å². The molecule has 1 saturated carbocycles. The molecule has 0 atom stereocenters. The van der Waals surface area contributed by atoms with Crippen LogP contribution in [-0.4, -0.2) is 44.5 Å². The standard InChI is InChI=1S/C20H33N3O2S.HI/c1-5-21-18(22-14-15-26(24,25)19(2,3)4)23-16-20(12-9-13-20)17-10-7-6-8-11-17;/h6-8,10-11H,5,9,12-16H2,1-4H3,(H2,21,22,23);1H. The summed E-state index contributed by atoms with van der Waals surface area (Å²) in [6.07, 6.45) is 3.54. The van der Waals surface area contributed by atoms with Gasteiger partial charge in [-0.25, -0.2) is 8.42 Å². The fourth-order valence-corrected chi connectivity index (χ4v) is 4.10. The van der Waals surface area contributed by atoms with Gasteiger partial charge in [0, 0.05) is 18.5 Å². The van der Waals surface area contributed by atoms with Gasteiger partial charge in [-0.15, -0.1) is 24.0 Å². The summed E-state index contributed by atoms with van der Waals surface area (Å²) in [5.41, 5.74) is 1.47. The second-order valence-corrected chi connectivity index (χ2v) is 10.9. The lowest BCUT2D eigenvalue weighted by molar-refractivity contribution is 0.253. The minimum Gasteiger partial charge on any atom is -0.357 e. The molecule has 1 aromatic carbocycles. The first kappa shape index (κ1) is 24.2. The SMILES string of the molecule is CCNC(=NCC1(c2ccccc2)CCC1)NCCS(=O)(=O)C(C)(C)C.I. The third-order valence-corrected chi connectivity index (χ3v) is 7.78. The molecule has 0 bridgehead atoms. The molecule has 1 aromatic rings. The molecule has 0 aliphatic heterocycles. The van der Waals surface area contributed by atoms with E-state index in [0.717, 1.165) is 25.9 Å². The molecule has 0 amide bonds. The van der Waals surface area contributed by atoms with Crippen LogP contribution >= 0.6 is 24.0 Å². The number of rotatable bonds is 7. The summed E-state index contributed by atoms with van der Waals surface area (Å²) in [6.45, 7) is 9.06. The molecule has 0 spiro atoms. The Morgan fingerprint density at radius 2 is 1.78 bits per heavy atom. The summed E-state index contributed by atoms with van der Waals surface area (Å²) in [7, 11) is -3.13. The van der Waals surface area contributed by atoms with Gasteiger partial charge in [-0.3, -0.25) is 4.99 Å². The number of benzene rings is 1. The second-order valence-electron chi connectivity index (χ2n) is 8.05. The van der Waals surface area contributed by atoms with Crippen LogP contribution in [0, 0.1) is 0 Å². The molecule has 1 aliphatic rings. The van der Waals surface area contributed by atoms with Gasteiger partial charge in [-0.1, -0.05) is 36.8 Å². The molecule has 5 nitrogen and oxygen atoms in total. The summed E-state index contributed by atoms with van der Waals surface area (Å²) >= 11 is 0. The Morgan fingerprint density at radius 1 is 1.15 bits per heavy atom. The van der Waals surface area contributed by atoms with Gasteiger partial charge in [-0.05, 0) is 46.1 Å². The number of guanidine groups is 1. The third-order valence-electron chi connectivity index (χ3n) is 5.18. The van der Waals surface area contributed by atoms with E-state index in [1.807, 2.05) is 13.0 Å². The first-order valence-corrected chi connectivity index (χ1v) is 11.2. The van der Waals surface area contributed by atoms with Crippen molar-refractivity contribution in [1.29, 1.82) is 0 Å². The van der Waals surface area contributed by atoms with Crippen molar-refractivity contribution in [3.8, 4) is 0 Å². The highest BCUT2D eigenvalue weighted by molar-refractivity contribution is 14.0. The molecular formula is C20H34IN3O2S. The normalized spacial score (nSPS) is 16.8. The van der Waals surface area contributed by atoms with E-state index in [1.54, 1.807) is 20.8 Å². The zero-order chi connectivity index (χ0) is 19.3. The van der Waals surface area contributed by atoms with Crippen molar-refractivity contribution in [3.63, 3.8) is 0 Å². The lowest BCUT2D eigenvalue weighted by atomic mass is 9.64. The quantitative estimate of drug-likeness (QED) is 0.337. The minimum absolute atomic E-state index is 0. The van der Waals surface area contributed by atoms with Gasteiger partial charge in [-0.2, -0.15) is 0 Å². The number of aliphatic imine (C=N–C) groups is 1. The molecule has 0 aromatic heterocycles. The zero-order valence-corrected chi connectivity index (χ0v) is 20.1. The number of nitrogens with one attached hydrogen (secondary N) is 2. The minimum atomic E-state index is -3.13. The Kier molecular flexibility index (Phi) is 9.05. The topological polar surface area (TPSA) is 70.6 Å². The van der Waals surface area contributed by atoms with Crippen LogP contribution in [0.4, 0.5) is 0 Å². The highest BCUT2D eigenvalue weighted by Gasteiger charge is 2.38. The van der Waals surface area contributed by atoms with Gasteiger partial charge in [0.1, 0.15) is 0 Å². The molecule has 2 N–H and O–H groups in total. The monoisotopic (exact) mass is 507 g/mol. The lowest BCUT2D eigenvalue weighted by Crippen LogP contribution is -2.44. The number of hydrogen-bond acceptors (Lipinski definition) is 3. The number of hydrogen-bond donors (Lipinski definition) is 2. The van der Waals surface area contributed by atoms with Crippen molar-refractivity contribution >= 4 is 39.8 Å². The van der Waals surface area contributed by atoms with Crippen molar-refractivity contribution in [2.24, 2.45) is 4.99 Å². The molecular weight excluding hydrogens is 473 g/mol. The van der Waals surface area contributed by atoms with Gasteiger partial charge in [0.05, 0.1) is 17.0 Å². The predicted octanol–water partition coefficient (Wildman–Crippen LogP) is 3.49. The van der Waals surface area contributed by atoms with Crippen LogP contribution in [0.15, 0.2) is 35.3 Å². The van der Waals surface area contributed by atoms with Crippen molar-refractivity contribution < 1.29 is 8.42 Å². The van der Waals surface area contributed by atoms with Crippen LogP contribution < -0.4 is 10.6 Å². The maximum absolute atomic E-state index is 12.2. The van der Waals surface area contributed by atoms with E-state index in [2.05, 4.69) is 34.9 Å². The second kappa shape index (κ2) is 10.1. The molecule has 7 heteroatoms. The van der Waals surface area contributed by atoms with E-state index >= 15 is 0 Å². The predicted molar refractivity (Wildman–Crippen MR) is 125 cm³/mol. The van der Waals surface area contributed by atoms with Crippen LogP contribution in [0.1, 0.15) is 52.5 Å². The van der Waals surface area contributed by atoms with Crippen LogP contribution in [0.5, 0.6) is 0 Å². The van der Waals surface area contributed by atoms with Crippen molar-refractivity contribution in [3.05, 3.63) is 35.9 Å². The van der Waals surface area contributed by atoms with E-state index in [9.17, 15) is 8.42 Å². The fraction of sp³-hybridized carbons (Fsp3) is 0.650. The van der Waals surface area contributed by atoms with E-state index < -0.39 is 14.6 Å². The van der Waals surface area contributed by atoms with Crippen molar-refractivity contribution in [2.75, 3.05) is 25.4 Å². The van der Waals surface area contributed by atoms with Crippen LogP contribution in [-0.2, 0) is 15.3 Å². The van der Waals surface area contributed by atoms with E-state index in [-0.39, 0.29) is 35.1 Å². The molecule has 0 heterocycles. The van der Waals surface area contributed by atoms with Gasteiger partial charge in [0.25, 0.3) is 0 Å².